The molecule has 24 heavy (non-hydrogen) atoms. The zero-order chi connectivity index (χ0) is 16.9. The molecular weight excluding hydrogens is 302 g/mol. The summed E-state index contributed by atoms with van der Waals surface area (Å²) in [6.07, 6.45) is 6.25. The van der Waals surface area contributed by atoms with Gasteiger partial charge in [-0.3, -0.25) is 4.68 Å². The monoisotopic (exact) mass is 327 g/mol. The summed E-state index contributed by atoms with van der Waals surface area (Å²) in [7, 11) is 0. The molecule has 2 N–H and O–H groups in total. The fourth-order valence-electron chi connectivity index (χ4n) is 3.54. The van der Waals surface area contributed by atoms with Gasteiger partial charge in [-0.2, -0.15) is 5.10 Å². The van der Waals surface area contributed by atoms with Crippen LogP contribution < -0.4 is 5.32 Å². The van der Waals surface area contributed by atoms with E-state index in [0.29, 0.717) is 11.5 Å². The Morgan fingerprint density at radius 2 is 2.29 bits per heavy atom. The lowest BCUT2D eigenvalue weighted by molar-refractivity contribution is 0.0696. The van der Waals surface area contributed by atoms with Crippen molar-refractivity contribution in [2.24, 2.45) is 0 Å². The van der Waals surface area contributed by atoms with Crippen LogP contribution in [0.25, 0.3) is 0 Å². The van der Waals surface area contributed by atoms with Crippen molar-refractivity contribution in [2.75, 3.05) is 6.54 Å². The molecule has 0 amide bonds. The van der Waals surface area contributed by atoms with Crippen molar-refractivity contribution < 1.29 is 9.90 Å². The Bertz CT molecular complexity index is 708. The topological polar surface area (TPSA) is 67.2 Å². The number of carboxylic acids is 1. The first-order chi connectivity index (χ1) is 11.7. The van der Waals surface area contributed by atoms with Crippen LogP contribution in [-0.2, 0) is 19.5 Å². The number of fused-ring (bicyclic) bond motifs is 1. The van der Waals surface area contributed by atoms with Gasteiger partial charge in [-0.25, -0.2) is 4.79 Å². The molecule has 1 unspecified atom stereocenters. The average molecular weight is 327 g/mol. The summed E-state index contributed by atoms with van der Waals surface area (Å²) in [6, 6.07) is 7.63. The molecule has 0 aliphatic heterocycles. The maximum absolute atomic E-state index is 11.2. The Kier molecular flexibility index (Phi) is 5.30. The minimum atomic E-state index is -0.849. The minimum Gasteiger partial charge on any atom is -0.478 e. The predicted octanol–water partition coefficient (Wildman–Crippen LogP) is 3.20. The van der Waals surface area contributed by atoms with Crippen molar-refractivity contribution in [1.82, 2.24) is 15.1 Å². The van der Waals surface area contributed by atoms with E-state index in [4.69, 9.17) is 0 Å². The van der Waals surface area contributed by atoms with Crippen LogP contribution in [0.3, 0.4) is 0 Å². The van der Waals surface area contributed by atoms with E-state index in [-0.39, 0.29) is 0 Å². The van der Waals surface area contributed by atoms with Crippen molar-refractivity contribution in [3.63, 3.8) is 0 Å². The van der Waals surface area contributed by atoms with Crippen LogP contribution in [0, 0.1) is 0 Å². The molecule has 1 heterocycles. The molecule has 1 aliphatic carbocycles. The number of hydrogen-bond donors (Lipinski definition) is 2. The van der Waals surface area contributed by atoms with Gasteiger partial charge in [0.2, 0.25) is 0 Å². The van der Waals surface area contributed by atoms with E-state index in [0.717, 1.165) is 38.9 Å². The highest BCUT2D eigenvalue weighted by Gasteiger charge is 2.21. The lowest BCUT2D eigenvalue weighted by atomic mass is 9.82. The summed E-state index contributed by atoms with van der Waals surface area (Å²) in [5.41, 5.74) is 4.10. The Labute approximate surface area is 142 Å². The quantitative estimate of drug-likeness (QED) is 0.819. The van der Waals surface area contributed by atoms with Gasteiger partial charge in [0.25, 0.3) is 0 Å². The molecule has 1 aromatic carbocycles. The largest absolute Gasteiger partial charge is 0.478 e. The molecular formula is C19H25N3O2. The number of aromatic carboxylic acids is 1. The molecule has 0 fully saturated rings. The van der Waals surface area contributed by atoms with E-state index < -0.39 is 5.97 Å². The fraction of sp³-hybridized carbons (Fsp3) is 0.474. The van der Waals surface area contributed by atoms with Gasteiger partial charge in [-0.1, -0.05) is 13.0 Å². The summed E-state index contributed by atoms with van der Waals surface area (Å²) in [5, 5.41) is 17.1. The van der Waals surface area contributed by atoms with Crippen LogP contribution in [0.2, 0.25) is 0 Å². The molecule has 1 aromatic heterocycles. The summed E-state index contributed by atoms with van der Waals surface area (Å²) >= 11 is 0. The van der Waals surface area contributed by atoms with Crippen LogP contribution >= 0.6 is 0 Å². The Morgan fingerprint density at radius 1 is 1.42 bits per heavy atom. The lowest BCUT2D eigenvalue weighted by Crippen LogP contribution is -2.25. The highest BCUT2D eigenvalue weighted by atomic mass is 16.4. The first kappa shape index (κ1) is 16.7. The molecule has 5 nitrogen and oxygen atoms in total. The van der Waals surface area contributed by atoms with Crippen LogP contribution in [-0.4, -0.2) is 27.4 Å². The van der Waals surface area contributed by atoms with E-state index in [1.165, 1.54) is 23.2 Å². The molecule has 128 valence electrons. The van der Waals surface area contributed by atoms with Crippen molar-refractivity contribution in [3.8, 4) is 0 Å². The zero-order valence-corrected chi connectivity index (χ0v) is 14.2. The number of benzene rings is 1. The molecule has 0 spiro atoms. The Hall–Kier alpha value is -2.14. The molecule has 2 aromatic rings. The van der Waals surface area contributed by atoms with Crippen LogP contribution in [0.15, 0.2) is 30.5 Å². The number of hydrogen-bond acceptors (Lipinski definition) is 3. The van der Waals surface area contributed by atoms with Crippen LogP contribution in [0.4, 0.5) is 0 Å². The van der Waals surface area contributed by atoms with E-state index in [2.05, 4.69) is 23.4 Å². The van der Waals surface area contributed by atoms with E-state index in [9.17, 15) is 9.90 Å². The fourth-order valence-corrected chi connectivity index (χ4v) is 3.54. The van der Waals surface area contributed by atoms with Crippen molar-refractivity contribution in [2.45, 2.75) is 51.6 Å². The molecule has 1 aliphatic rings. The SMILES string of the molecule is CCCn1nccc1CNCC1CCCc2ccc(C(=O)O)cc21. The van der Waals surface area contributed by atoms with Gasteiger partial charge in [-0.15, -0.1) is 0 Å². The Balaban J connectivity index is 1.65. The first-order valence-electron chi connectivity index (χ1n) is 8.76. The molecule has 0 saturated carbocycles. The molecule has 0 radical (unpaired) electrons. The number of aryl methyl sites for hydroxylation is 2. The van der Waals surface area contributed by atoms with Crippen molar-refractivity contribution in [3.05, 3.63) is 52.8 Å². The second-order valence-corrected chi connectivity index (χ2v) is 6.48. The maximum Gasteiger partial charge on any atom is 0.335 e. The minimum absolute atomic E-state index is 0.385. The number of rotatable bonds is 7. The second-order valence-electron chi connectivity index (χ2n) is 6.48. The normalized spacial score (nSPS) is 16.8. The molecule has 0 bridgehead atoms. The third kappa shape index (κ3) is 3.67. The van der Waals surface area contributed by atoms with E-state index >= 15 is 0 Å². The van der Waals surface area contributed by atoms with Crippen LogP contribution in [0.5, 0.6) is 0 Å². The standard InChI is InChI=1S/C19H25N3O2/c1-2-10-22-17(8-9-21-22)13-20-12-16-5-3-4-14-6-7-15(19(23)24)11-18(14)16/h6-9,11,16,20H,2-5,10,12-13H2,1H3,(H,23,24). The number of nitrogens with zero attached hydrogens (tertiary/aromatic N) is 2. The smallest absolute Gasteiger partial charge is 0.335 e. The predicted molar refractivity (Wildman–Crippen MR) is 93.3 cm³/mol. The van der Waals surface area contributed by atoms with Gasteiger partial charge in [0.05, 0.1) is 11.3 Å². The Morgan fingerprint density at radius 3 is 3.08 bits per heavy atom. The number of carbonyl (C=O) groups is 1. The summed E-state index contributed by atoms with van der Waals surface area (Å²) < 4.78 is 2.05. The number of nitrogens with one attached hydrogen (secondary N) is 1. The van der Waals surface area contributed by atoms with Gasteiger partial charge in [0.1, 0.15) is 0 Å². The number of carboxylic acid groups (broad SMARTS) is 1. The first-order valence-corrected chi connectivity index (χ1v) is 8.76. The second kappa shape index (κ2) is 7.62. The average Bonchev–Trinajstić information content (AvgIpc) is 3.02. The molecule has 5 heteroatoms. The third-order valence-corrected chi connectivity index (χ3v) is 4.77. The molecule has 3 rings (SSSR count). The van der Waals surface area contributed by atoms with Crippen molar-refractivity contribution in [1.29, 1.82) is 0 Å². The van der Waals surface area contributed by atoms with Gasteiger partial charge in [-0.05, 0) is 60.9 Å². The summed E-state index contributed by atoms with van der Waals surface area (Å²) in [4.78, 5) is 11.2. The summed E-state index contributed by atoms with van der Waals surface area (Å²) in [6.45, 7) is 4.76. The van der Waals surface area contributed by atoms with E-state index in [1.807, 2.05) is 23.0 Å². The third-order valence-electron chi connectivity index (χ3n) is 4.77. The van der Waals surface area contributed by atoms with Crippen molar-refractivity contribution >= 4 is 5.97 Å². The van der Waals surface area contributed by atoms with Gasteiger partial charge in [0.15, 0.2) is 0 Å². The maximum atomic E-state index is 11.2. The van der Waals surface area contributed by atoms with Gasteiger partial charge >= 0.3 is 5.97 Å². The summed E-state index contributed by atoms with van der Waals surface area (Å²) in [5.74, 6) is -0.464. The zero-order valence-electron chi connectivity index (χ0n) is 14.2. The van der Waals surface area contributed by atoms with E-state index in [1.54, 1.807) is 6.07 Å². The van der Waals surface area contributed by atoms with Gasteiger partial charge < -0.3 is 10.4 Å². The number of aromatic nitrogens is 2. The highest BCUT2D eigenvalue weighted by molar-refractivity contribution is 5.88. The lowest BCUT2D eigenvalue weighted by Gasteiger charge is -2.26. The van der Waals surface area contributed by atoms with Crippen LogP contribution in [0.1, 0.15) is 59.3 Å². The molecule has 1 atom stereocenters. The molecule has 0 saturated heterocycles. The highest BCUT2D eigenvalue weighted by Crippen LogP contribution is 2.32. The van der Waals surface area contributed by atoms with Gasteiger partial charge in [0, 0.05) is 25.8 Å².